The Balaban J connectivity index is 2.61. The summed E-state index contributed by atoms with van der Waals surface area (Å²) in [6.07, 6.45) is 2.53. The van der Waals surface area contributed by atoms with E-state index < -0.39 is 11.5 Å². The van der Waals surface area contributed by atoms with Crippen molar-refractivity contribution in [1.29, 1.82) is 0 Å². The highest BCUT2D eigenvalue weighted by molar-refractivity contribution is 5.94. The number of carbonyl (C=O) groups is 1. The van der Waals surface area contributed by atoms with E-state index >= 15 is 0 Å². The first kappa shape index (κ1) is 15.2. The molecule has 1 aromatic rings. The van der Waals surface area contributed by atoms with Gasteiger partial charge >= 0.3 is 0 Å². The maximum Gasteiger partial charge on any atom is 0.251 e. The van der Waals surface area contributed by atoms with Crippen LogP contribution in [0, 0.1) is 5.92 Å². The molecule has 0 fully saturated rings. The van der Waals surface area contributed by atoms with Gasteiger partial charge in [-0.25, -0.2) is 0 Å². The predicted octanol–water partition coefficient (Wildman–Crippen LogP) is 0.609. The molecular weight excluding hydrogens is 248 g/mol. The molecule has 0 aliphatic rings. The summed E-state index contributed by atoms with van der Waals surface area (Å²) in [6.45, 7) is 2.58. The molecule has 106 valence electrons. The fraction of sp³-hybridized carbons (Fsp3) is 0.538. The number of aromatic nitrogens is 1. The highest BCUT2D eigenvalue weighted by Crippen LogP contribution is 2.10. The van der Waals surface area contributed by atoms with E-state index in [1.54, 1.807) is 0 Å². The van der Waals surface area contributed by atoms with Crippen LogP contribution in [0.2, 0.25) is 0 Å². The minimum atomic E-state index is -0.523. The molecule has 1 amide bonds. The molecule has 0 bridgehead atoms. The number of carbonyl (C=O) groups excluding carboxylic acids is 1. The molecule has 0 saturated heterocycles. The molecule has 1 aromatic heterocycles. The second-order valence-corrected chi connectivity index (χ2v) is 4.50. The molecule has 1 atom stereocenters. The van der Waals surface area contributed by atoms with Gasteiger partial charge in [0.25, 0.3) is 11.5 Å². The van der Waals surface area contributed by atoms with Crippen LogP contribution in [0.25, 0.3) is 0 Å². The van der Waals surface area contributed by atoms with Crippen LogP contribution in [0.4, 0.5) is 0 Å². The van der Waals surface area contributed by atoms with Gasteiger partial charge in [-0.1, -0.05) is 13.3 Å². The maximum atomic E-state index is 11.8. The molecule has 0 aliphatic heterocycles. The monoisotopic (exact) mass is 268 g/mol. The largest absolute Gasteiger partial charge is 0.494 e. The zero-order valence-corrected chi connectivity index (χ0v) is 11.0. The van der Waals surface area contributed by atoms with Crippen molar-refractivity contribution in [1.82, 2.24) is 10.3 Å². The number of nitrogens with one attached hydrogen (secondary N) is 2. The summed E-state index contributed by atoms with van der Waals surface area (Å²) in [5.74, 6) is -0.520. The van der Waals surface area contributed by atoms with Crippen LogP contribution in [0.1, 0.15) is 36.5 Å². The smallest absolute Gasteiger partial charge is 0.251 e. The van der Waals surface area contributed by atoms with Crippen LogP contribution in [0.5, 0.6) is 5.88 Å². The van der Waals surface area contributed by atoms with Crippen molar-refractivity contribution in [2.45, 2.75) is 26.2 Å². The minimum absolute atomic E-state index is 0.0896. The summed E-state index contributed by atoms with van der Waals surface area (Å²) in [7, 11) is 0. The summed E-state index contributed by atoms with van der Waals surface area (Å²) >= 11 is 0. The molecule has 6 nitrogen and oxygen atoms in total. The highest BCUT2D eigenvalue weighted by Gasteiger charge is 2.12. The van der Waals surface area contributed by atoms with Gasteiger partial charge in [0.05, 0.1) is 5.56 Å². The van der Waals surface area contributed by atoms with E-state index in [9.17, 15) is 14.7 Å². The first-order valence-corrected chi connectivity index (χ1v) is 6.39. The topological polar surface area (TPSA) is 102 Å². The van der Waals surface area contributed by atoms with Gasteiger partial charge in [-0.3, -0.25) is 14.6 Å². The number of amides is 1. The van der Waals surface area contributed by atoms with Crippen LogP contribution in [0.15, 0.2) is 16.9 Å². The minimum Gasteiger partial charge on any atom is -0.494 e. The van der Waals surface area contributed by atoms with Gasteiger partial charge in [-0.15, -0.1) is 0 Å². The van der Waals surface area contributed by atoms with Gasteiger partial charge in [-0.2, -0.15) is 0 Å². The van der Waals surface area contributed by atoms with E-state index in [4.69, 9.17) is 5.11 Å². The third kappa shape index (κ3) is 5.13. The molecule has 0 saturated carbocycles. The summed E-state index contributed by atoms with van der Waals surface area (Å²) in [5, 5.41) is 20.9. The molecular formula is C13H20N2O4. The zero-order chi connectivity index (χ0) is 14.3. The molecule has 0 aliphatic carbocycles. The SMILES string of the molecule is CCCC(CCO)CNC(=O)c1cc(O)[nH]c(=O)c1. The summed E-state index contributed by atoms with van der Waals surface area (Å²) < 4.78 is 0. The van der Waals surface area contributed by atoms with E-state index in [-0.39, 0.29) is 24.0 Å². The number of aromatic amines is 1. The Morgan fingerprint density at radius 2 is 2.16 bits per heavy atom. The predicted molar refractivity (Wildman–Crippen MR) is 71.2 cm³/mol. The third-order valence-electron chi connectivity index (χ3n) is 2.88. The lowest BCUT2D eigenvalue weighted by molar-refractivity contribution is 0.0942. The molecule has 19 heavy (non-hydrogen) atoms. The molecule has 1 unspecified atom stereocenters. The average molecular weight is 268 g/mol. The summed E-state index contributed by atoms with van der Waals surface area (Å²) in [6, 6.07) is 2.34. The Hall–Kier alpha value is -1.82. The van der Waals surface area contributed by atoms with Crippen LogP contribution >= 0.6 is 0 Å². The van der Waals surface area contributed by atoms with Crippen LogP contribution in [0.3, 0.4) is 0 Å². The number of pyridine rings is 1. The van der Waals surface area contributed by atoms with Crippen molar-refractivity contribution < 1.29 is 15.0 Å². The number of rotatable bonds is 7. The van der Waals surface area contributed by atoms with Gasteiger partial charge in [-0.05, 0) is 18.8 Å². The Morgan fingerprint density at radius 1 is 1.42 bits per heavy atom. The van der Waals surface area contributed by atoms with E-state index in [0.717, 1.165) is 18.9 Å². The first-order chi connectivity index (χ1) is 9.06. The molecule has 0 aromatic carbocycles. The van der Waals surface area contributed by atoms with E-state index in [2.05, 4.69) is 10.3 Å². The van der Waals surface area contributed by atoms with Gasteiger partial charge in [0.15, 0.2) is 5.88 Å². The van der Waals surface area contributed by atoms with Crippen LogP contribution in [-0.4, -0.2) is 34.3 Å². The van der Waals surface area contributed by atoms with Gasteiger partial charge in [0.1, 0.15) is 0 Å². The van der Waals surface area contributed by atoms with Crippen molar-refractivity contribution >= 4 is 5.91 Å². The number of aliphatic hydroxyl groups is 1. The van der Waals surface area contributed by atoms with Crippen molar-refractivity contribution in [3.63, 3.8) is 0 Å². The molecule has 1 heterocycles. The fourth-order valence-corrected chi connectivity index (χ4v) is 1.94. The van der Waals surface area contributed by atoms with Crippen molar-refractivity contribution in [3.05, 3.63) is 28.0 Å². The van der Waals surface area contributed by atoms with Crippen molar-refractivity contribution in [3.8, 4) is 5.88 Å². The van der Waals surface area contributed by atoms with Crippen LogP contribution in [-0.2, 0) is 0 Å². The molecule has 0 spiro atoms. The third-order valence-corrected chi connectivity index (χ3v) is 2.88. The number of aliphatic hydroxyl groups excluding tert-OH is 1. The number of hydrogen-bond donors (Lipinski definition) is 4. The highest BCUT2D eigenvalue weighted by atomic mass is 16.3. The Morgan fingerprint density at radius 3 is 2.74 bits per heavy atom. The quantitative estimate of drug-likeness (QED) is 0.581. The summed E-state index contributed by atoms with van der Waals surface area (Å²) in [5.41, 5.74) is -0.397. The van der Waals surface area contributed by atoms with E-state index in [1.165, 1.54) is 6.07 Å². The Labute approximate surface area is 111 Å². The second kappa shape index (κ2) is 7.58. The average Bonchev–Trinajstić information content (AvgIpc) is 2.35. The number of H-pyrrole nitrogens is 1. The normalized spacial score (nSPS) is 12.1. The van der Waals surface area contributed by atoms with Gasteiger partial charge < -0.3 is 15.5 Å². The number of hydrogen-bond acceptors (Lipinski definition) is 4. The second-order valence-electron chi connectivity index (χ2n) is 4.50. The van der Waals surface area contributed by atoms with Gasteiger partial charge in [0.2, 0.25) is 0 Å². The zero-order valence-electron chi connectivity index (χ0n) is 11.0. The molecule has 6 heteroatoms. The van der Waals surface area contributed by atoms with Crippen molar-refractivity contribution in [2.75, 3.05) is 13.2 Å². The molecule has 0 radical (unpaired) electrons. The fourth-order valence-electron chi connectivity index (χ4n) is 1.94. The maximum absolute atomic E-state index is 11.8. The Bertz CT molecular complexity index is 464. The van der Waals surface area contributed by atoms with Crippen molar-refractivity contribution in [2.24, 2.45) is 5.92 Å². The Kier molecular flexibility index (Phi) is 6.08. The summed E-state index contributed by atoms with van der Waals surface area (Å²) in [4.78, 5) is 25.1. The van der Waals surface area contributed by atoms with Gasteiger partial charge in [0, 0.05) is 25.3 Å². The lowest BCUT2D eigenvalue weighted by Gasteiger charge is -2.15. The van der Waals surface area contributed by atoms with Crippen LogP contribution < -0.4 is 10.9 Å². The molecule has 4 N–H and O–H groups in total. The molecule has 1 rings (SSSR count). The lowest BCUT2D eigenvalue weighted by Crippen LogP contribution is -2.30. The first-order valence-electron chi connectivity index (χ1n) is 6.39. The lowest BCUT2D eigenvalue weighted by atomic mass is 10.00. The van der Waals surface area contributed by atoms with E-state index in [0.29, 0.717) is 13.0 Å². The van der Waals surface area contributed by atoms with E-state index in [1.807, 2.05) is 6.92 Å². The standard InChI is InChI=1S/C13H20N2O4/c1-2-3-9(4-5-16)8-14-13(19)10-6-11(17)15-12(18)7-10/h6-7,9,16H,2-5,8H2,1H3,(H,14,19)(H2,15,17,18). The number of aromatic hydroxyl groups is 1.